The van der Waals surface area contributed by atoms with Gasteiger partial charge in [0, 0.05) is 15.5 Å². The SMILES string of the molecule is C/C=C\C1=C(C)N(I)c2ccccc2S1. The van der Waals surface area contributed by atoms with Gasteiger partial charge in [0.1, 0.15) is 0 Å². The molecule has 0 spiro atoms. The van der Waals surface area contributed by atoms with Crippen LogP contribution in [0.1, 0.15) is 13.8 Å². The molecule has 15 heavy (non-hydrogen) atoms. The van der Waals surface area contributed by atoms with Crippen LogP contribution in [0.4, 0.5) is 5.69 Å². The van der Waals surface area contributed by atoms with Gasteiger partial charge >= 0.3 is 0 Å². The molecule has 1 nitrogen and oxygen atoms in total. The van der Waals surface area contributed by atoms with Gasteiger partial charge < -0.3 is 0 Å². The molecule has 0 aliphatic carbocycles. The van der Waals surface area contributed by atoms with Gasteiger partial charge in [-0.25, -0.2) is 0 Å². The summed E-state index contributed by atoms with van der Waals surface area (Å²) in [4.78, 5) is 2.65. The topological polar surface area (TPSA) is 3.24 Å². The minimum atomic E-state index is 1.29. The van der Waals surface area contributed by atoms with Crippen molar-refractivity contribution in [2.45, 2.75) is 18.7 Å². The van der Waals surface area contributed by atoms with Gasteiger partial charge in [0.2, 0.25) is 0 Å². The lowest BCUT2D eigenvalue weighted by atomic mass is 10.3. The summed E-state index contributed by atoms with van der Waals surface area (Å²) in [5.74, 6) is 0. The first-order chi connectivity index (χ1) is 7.24. The number of anilines is 1. The highest BCUT2D eigenvalue weighted by molar-refractivity contribution is 14.1. The van der Waals surface area contributed by atoms with Crippen LogP contribution in [0.2, 0.25) is 0 Å². The zero-order chi connectivity index (χ0) is 10.8. The summed E-state index contributed by atoms with van der Waals surface area (Å²) >= 11 is 4.20. The Hall–Kier alpha value is -0.420. The fourth-order valence-electron chi connectivity index (χ4n) is 1.48. The van der Waals surface area contributed by atoms with Gasteiger partial charge in [-0.1, -0.05) is 36.0 Å². The minimum absolute atomic E-state index is 1.29. The number of thioether (sulfide) groups is 1. The van der Waals surface area contributed by atoms with Gasteiger partial charge in [0.05, 0.1) is 28.6 Å². The van der Waals surface area contributed by atoms with Gasteiger partial charge in [-0.05, 0) is 26.0 Å². The molecular weight excluding hydrogens is 317 g/mol. The van der Waals surface area contributed by atoms with Crippen LogP contribution < -0.4 is 3.11 Å². The molecule has 0 saturated carbocycles. The van der Waals surface area contributed by atoms with Crippen molar-refractivity contribution in [3.63, 3.8) is 0 Å². The Bertz CT molecular complexity index is 437. The second kappa shape index (κ2) is 4.61. The Morgan fingerprint density at radius 3 is 2.80 bits per heavy atom. The molecule has 1 aromatic rings. The fraction of sp³-hybridized carbons (Fsp3) is 0.167. The molecule has 0 atom stereocenters. The normalized spacial score (nSPS) is 16.1. The van der Waals surface area contributed by atoms with Crippen LogP contribution >= 0.6 is 34.6 Å². The summed E-state index contributed by atoms with van der Waals surface area (Å²) < 4.78 is 2.22. The number of fused-ring (bicyclic) bond motifs is 1. The van der Waals surface area contributed by atoms with E-state index in [0.717, 1.165) is 0 Å². The summed E-state index contributed by atoms with van der Waals surface area (Å²) in [7, 11) is 0. The maximum atomic E-state index is 2.36. The van der Waals surface area contributed by atoms with Gasteiger partial charge in [-0.15, -0.1) is 0 Å². The standard InChI is InChI=1S/C12H12INS/c1-3-6-11-9(2)14(13)10-7-4-5-8-12(10)15-11/h3-8H,1-2H3/b6-3-. The van der Waals surface area contributed by atoms with Crippen molar-refractivity contribution in [2.24, 2.45) is 0 Å². The molecular formula is C12H12INS. The zero-order valence-corrected chi connectivity index (χ0v) is 11.7. The molecule has 1 aliphatic rings. The first-order valence-corrected chi connectivity index (χ1v) is 6.58. The molecule has 78 valence electrons. The van der Waals surface area contributed by atoms with Crippen molar-refractivity contribution in [2.75, 3.05) is 3.11 Å². The Labute approximate surface area is 109 Å². The number of rotatable bonds is 1. The lowest BCUT2D eigenvalue weighted by Crippen LogP contribution is -2.12. The monoisotopic (exact) mass is 329 g/mol. The van der Waals surface area contributed by atoms with Crippen molar-refractivity contribution >= 4 is 40.3 Å². The third kappa shape index (κ3) is 2.08. The van der Waals surface area contributed by atoms with Crippen LogP contribution in [0.15, 0.2) is 51.9 Å². The summed E-state index contributed by atoms with van der Waals surface area (Å²) in [6.07, 6.45) is 4.26. The highest BCUT2D eigenvalue weighted by Gasteiger charge is 2.19. The van der Waals surface area contributed by atoms with Gasteiger partial charge in [-0.2, -0.15) is 0 Å². The maximum Gasteiger partial charge on any atom is 0.0646 e. The number of hydrogen-bond acceptors (Lipinski definition) is 2. The van der Waals surface area contributed by atoms with Crippen LogP contribution in [-0.4, -0.2) is 0 Å². The summed E-state index contributed by atoms with van der Waals surface area (Å²) in [6, 6.07) is 8.50. The van der Waals surface area contributed by atoms with Gasteiger partial charge in [-0.3, -0.25) is 3.11 Å². The van der Waals surface area contributed by atoms with E-state index in [-0.39, 0.29) is 0 Å². The fourth-order valence-corrected chi connectivity index (χ4v) is 3.58. The lowest BCUT2D eigenvalue weighted by Gasteiger charge is -2.27. The average molecular weight is 329 g/mol. The molecule has 1 aromatic carbocycles. The van der Waals surface area contributed by atoms with Crippen molar-refractivity contribution in [1.29, 1.82) is 0 Å². The smallest absolute Gasteiger partial charge is 0.0646 e. The summed E-state index contributed by atoms with van der Waals surface area (Å²) in [5.41, 5.74) is 2.59. The Kier molecular flexibility index (Phi) is 3.41. The minimum Gasteiger partial charge on any atom is -0.285 e. The van der Waals surface area contributed by atoms with Crippen molar-refractivity contribution < 1.29 is 0 Å². The second-order valence-corrected chi connectivity index (χ2v) is 5.35. The van der Waals surface area contributed by atoms with Crippen molar-refractivity contribution in [3.05, 3.63) is 47.0 Å². The van der Waals surface area contributed by atoms with Gasteiger partial charge in [0.25, 0.3) is 0 Å². The van der Waals surface area contributed by atoms with Crippen molar-refractivity contribution in [1.82, 2.24) is 0 Å². The van der Waals surface area contributed by atoms with Gasteiger partial charge in [0.15, 0.2) is 0 Å². The number of nitrogens with zero attached hydrogens (tertiary/aromatic N) is 1. The van der Waals surface area contributed by atoms with E-state index >= 15 is 0 Å². The van der Waals surface area contributed by atoms with Crippen LogP contribution in [-0.2, 0) is 0 Å². The van der Waals surface area contributed by atoms with E-state index in [0.29, 0.717) is 0 Å². The molecule has 2 rings (SSSR count). The summed E-state index contributed by atoms with van der Waals surface area (Å²) in [5, 5.41) is 0. The van der Waals surface area contributed by atoms with Crippen LogP contribution in [0.25, 0.3) is 0 Å². The van der Waals surface area contributed by atoms with E-state index in [4.69, 9.17) is 0 Å². The third-order valence-electron chi connectivity index (χ3n) is 2.27. The Balaban J connectivity index is 2.47. The molecule has 1 aliphatic heterocycles. The third-order valence-corrected chi connectivity index (χ3v) is 4.73. The van der Waals surface area contributed by atoms with E-state index in [9.17, 15) is 0 Å². The number of allylic oxidation sites excluding steroid dienone is 3. The largest absolute Gasteiger partial charge is 0.285 e. The maximum absolute atomic E-state index is 2.36. The molecule has 0 unspecified atom stereocenters. The highest BCUT2D eigenvalue weighted by Crippen LogP contribution is 2.44. The van der Waals surface area contributed by atoms with Crippen LogP contribution in [0, 0.1) is 0 Å². The van der Waals surface area contributed by atoms with E-state index in [1.54, 1.807) is 0 Å². The molecule has 0 N–H and O–H groups in total. The molecule has 0 fully saturated rings. The molecule has 0 bridgehead atoms. The predicted molar refractivity (Wildman–Crippen MR) is 76.3 cm³/mol. The first kappa shape index (κ1) is 11.1. The van der Waals surface area contributed by atoms with E-state index < -0.39 is 0 Å². The molecule has 0 amide bonds. The Morgan fingerprint density at radius 2 is 2.07 bits per heavy atom. The lowest BCUT2D eigenvalue weighted by molar-refractivity contribution is 1.23. The number of halogens is 1. The van der Waals surface area contributed by atoms with Crippen molar-refractivity contribution in [3.8, 4) is 0 Å². The molecule has 0 aromatic heterocycles. The Morgan fingerprint density at radius 1 is 1.33 bits per heavy atom. The first-order valence-electron chi connectivity index (χ1n) is 4.80. The quantitative estimate of drug-likeness (QED) is 0.540. The predicted octanol–water partition coefficient (Wildman–Crippen LogP) is 4.76. The number of benzene rings is 1. The zero-order valence-electron chi connectivity index (χ0n) is 8.70. The number of hydrogen-bond donors (Lipinski definition) is 0. The molecule has 3 heteroatoms. The van der Waals surface area contributed by atoms with Crippen LogP contribution in [0.5, 0.6) is 0 Å². The highest BCUT2D eigenvalue weighted by atomic mass is 127. The molecule has 1 heterocycles. The van der Waals surface area contributed by atoms with E-state index in [1.165, 1.54) is 21.2 Å². The second-order valence-electron chi connectivity index (χ2n) is 3.30. The molecule has 0 radical (unpaired) electrons. The number of para-hydroxylation sites is 1. The van der Waals surface area contributed by atoms with E-state index in [1.807, 2.05) is 11.8 Å². The molecule has 0 saturated heterocycles. The average Bonchev–Trinajstić information content (AvgIpc) is 2.26. The van der Waals surface area contributed by atoms with E-state index in [2.05, 4.69) is 76.2 Å². The summed E-state index contributed by atoms with van der Waals surface area (Å²) in [6.45, 7) is 4.21. The van der Waals surface area contributed by atoms with Crippen LogP contribution in [0.3, 0.4) is 0 Å².